The van der Waals surface area contributed by atoms with Crippen LogP contribution in [0.3, 0.4) is 0 Å². The highest BCUT2D eigenvalue weighted by molar-refractivity contribution is 5.78. The summed E-state index contributed by atoms with van der Waals surface area (Å²) in [4.78, 5) is 99.0. The summed E-state index contributed by atoms with van der Waals surface area (Å²) in [6.07, 6.45) is 16.0. The maximum atomic E-state index is 11.5. The van der Waals surface area contributed by atoms with Crippen molar-refractivity contribution in [1.82, 2.24) is 61.3 Å². The van der Waals surface area contributed by atoms with Gasteiger partial charge in [0, 0.05) is 81.3 Å². The first kappa shape index (κ1) is 81.6. The molecule has 0 aromatic carbocycles. The van der Waals surface area contributed by atoms with Crippen molar-refractivity contribution < 1.29 is 89.4 Å². The quantitative estimate of drug-likeness (QED) is 0.0779. The first-order valence-corrected chi connectivity index (χ1v) is 35.2. The highest BCUT2D eigenvalue weighted by Gasteiger charge is 2.51. The van der Waals surface area contributed by atoms with E-state index in [9.17, 15) is 63.9 Å². The summed E-state index contributed by atoms with van der Waals surface area (Å²) in [6.45, 7) is 12.1. The van der Waals surface area contributed by atoms with Crippen LogP contribution < -0.4 is 31.9 Å². The van der Waals surface area contributed by atoms with E-state index in [2.05, 4.69) is 45.7 Å². The fourth-order valence-corrected chi connectivity index (χ4v) is 17.1. The molecule has 6 heterocycles. The Hall–Kier alpha value is -5.12. The van der Waals surface area contributed by atoms with Crippen molar-refractivity contribution in [3.05, 3.63) is 0 Å². The first-order valence-electron chi connectivity index (χ1n) is 35.2. The zero-order valence-corrected chi connectivity index (χ0v) is 58.8. The van der Waals surface area contributed by atoms with Crippen LogP contribution in [0.5, 0.6) is 0 Å². The Kier molecular flexibility index (Phi) is 32.2. The zero-order valence-electron chi connectivity index (χ0n) is 58.8. The number of aliphatic carboxylic acids is 6. The lowest BCUT2D eigenvalue weighted by molar-refractivity contribution is -0.144. The molecule has 96 heavy (non-hydrogen) atoms. The van der Waals surface area contributed by atoms with E-state index in [0.29, 0.717) is 12.1 Å². The molecule has 0 bridgehead atoms. The number of aliphatic hydroxyl groups excluding tert-OH is 4. The average molecular weight is 1370 g/mol. The van der Waals surface area contributed by atoms with E-state index < -0.39 is 61.2 Å². The number of carbonyl (C=O) groups excluding carboxylic acids is 2. The number of urea groups is 2. The van der Waals surface area contributed by atoms with Gasteiger partial charge in [0.15, 0.2) is 25.4 Å². The van der Waals surface area contributed by atoms with E-state index in [4.69, 9.17) is 25.5 Å². The number of nitrogens with one attached hydrogen (secondary N) is 6. The minimum Gasteiger partial charge on any atom is -0.481 e. The van der Waals surface area contributed by atoms with Gasteiger partial charge in [0.2, 0.25) is 0 Å². The molecule has 10 fully saturated rings. The highest BCUT2D eigenvalue weighted by Crippen LogP contribution is 2.43. The third-order valence-corrected chi connectivity index (χ3v) is 23.0. The Balaban J connectivity index is 0.000000208. The van der Waals surface area contributed by atoms with Crippen LogP contribution in [0.15, 0.2) is 0 Å². The molecule has 16 N–H and O–H groups in total. The number of rotatable bonds is 20. The van der Waals surface area contributed by atoms with E-state index in [0.717, 1.165) is 128 Å². The third kappa shape index (κ3) is 21.5. The second-order valence-electron chi connectivity index (χ2n) is 28.9. The van der Waals surface area contributed by atoms with Crippen molar-refractivity contribution in [2.75, 3.05) is 42.3 Å². The van der Waals surface area contributed by atoms with Gasteiger partial charge >= 0.3 is 47.9 Å². The Bertz CT molecular complexity index is 2520. The van der Waals surface area contributed by atoms with Gasteiger partial charge in [-0.2, -0.15) is 0 Å². The van der Waals surface area contributed by atoms with Crippen molar-refractivity contribution >= 4 is 47.9 Å². The van der Waals surface area contributed by atoms with Crippen LogP contribution in [-0.4, -0.2) is 269 Å². The molecule has 0 aromatic heterocycles. The number of hydrogen-bond acceptors (Lipinski definition) is 20. The first-order chi connectivity index (χ1) is 45.1. The van der Waals surface area contributed by atoms with Gasteiger partial charge in [-0.25, -0.2) is 9.59 Å². The summed E-state index contributed by atoms with van der Waals surface area (Å²) in [7, 11) is 11.1. The molecule has 24 unspecified atom stereocenters. The molecule has 24 atom stereocenters. The Morgan fingerprint density at radius 1 is 0.406 bits per heavy atom. The van der Waals surface area contributed by atoms with Crippen LogP contribution >= 0.6 is 0 Å². The van der Waals surface area contributed by atoms with Crippen LogP contribution in [0.4, 0.5) is 9.59 Å². The zero-order chi connectivity index (χ0) is 71.7. The van der Waals surface area contributed by atoms with Gasteiger partial charge in [-0.1, -0.05) is 51.4 Å². The van der Waals surface area contributed by atoms with Crippen molar-refractivity contribution in [2.24, 2.45) is 47.3 Å². The highest BCUT2D eigenvalue weighted by atomic mass is 16.4. The lowest BCUT2D eigenvalue weighted by atomic mass is 9.85. The number of nitrogens with zero attached hydrogens (tertiary/aromatic N) is 6. The van der Waals surface area contributed by atoms with E-state index in [1.165, 1.54) is 0 Å². The van der Waals surface area contributed by atoms with Gasteiger partial charge < -0.3 is 71.5 Å². The Morgan fingerprint density at radius 2 is 0.844 bits per heavy atom. The fourth-order valence-electron chi connectivity index (χ4n) is 17.1. The lowest BCUT2D eigenvalue weighted by Crippen LogP contribution is -2.43. The van der Waals surface area contributed by atoms with Gasteiger partial charge in [-0.15, -0.1) is 0 Å². The van der Waals surface area contributed by atoms with Gasteiger partial charge in [-0.05, 0) is 170 Å². The molecular weight excluding hydrogens is 1250 g/mol. The molecule has 30 nitrogen and oxygen atoms in total. The van der Waals surface area contributed by atoms with Gasteiger partial charge in [-0.3, -0.25) is 69.6 Å². The number of carboxylic acids is 6. The topological polar surface area (TPSA) is 430 Å². The number of hydrogen-bond donors (Lipinski definition) is 16. The maximum Gasteiger partial charge on any atom is 0.317 e. The molecule has 6 aliphatic heterocycles. The largest absolute Gasteiger partial charge is 0.481 e. The van der Waals surface area contributed by atoms with Crippen LogP contribution in [0.1, 0.15) is 183 Å². The summed E-state index contributed by atoms with van der Waals surface area (Å²) >= 11 is 0. The SMILES string of the molecule is CC1C(C2CCCC2C(=O)O)N(C)C(O)N1C.CC1C(C2CCCC2C(=O)O)NC(O)N1C.CC1C(CCCCCC(=O)O)NC(=O)N1C.CC1NC(=O)N(C)C1C1CCCC1C(=O)O.CC1NC(O)N(C)C1CCCCCC(=O)O.CC1NC(O)NC1C1CCCC1C(=O)O. The van der Waals surface area contributed by atoms with Crippen LogP contribution in [0.2, 0.25) is 0 Å². The van der Waals surface area contributed by atoms with Gasteiger partial charge in [0.05, 0.1) is 41.8 Å². The lowest BCUT2D eigenvalue weighted by Gasteiger charge is -2.31. The molecule has 4 aliphatic carbocycles. The summed E-state index contributed by atoms with van der Waals surface area (Å²) < 4.78 is 0. The summed E-state index contributed by atoms with van der Waals surface area (Å²) in [5.41, 5.74) is 0. The van der Waals surface area contributed by atoms with Crippen molar-refractivity contribution in [2.45, 2.75) is 281 Å². The smallest absolute Gasteiger partial charge is 0.317 e. The maximum absolute atomic E-state index is 11.5. The number of likely N-dealkylation sites (N-methyl/N-ethyl adjacent to an activating group) is 6. The summed E-state index contributed by atoms with van der Waals surface area (Å²) in [5, 5.41) is 110. The number of amides is 4. The van der Waals surface area contributed by atoms with E-state index in [-0.39, 0.29) is 133 Å². The number of carbonyl (C=O) groups is 8. The average Bonchev–Trinajstić information content (AvgIpc) is 1.66. The predicted octanol–water partition coefficient (Wildman–Crippen LogP) is 3.09. The van der Waals surface area contributed by atoms with Crippen LogP contribution in [0.25, 0.3) is 0 Å². The molecule has 4 amide bonds. The molecule has 0 spiro atoms. The normalized spacial score (nSPS) is 38.2. The van der Waals surface area contributed by atoms with Gasteiger partial charge in [0.1, 0.15) is 0 Å². The molecule has 6 saturated heterocycles. The Labute approximate surface area is 567 Å². The second-order valence-corrected chi connectivity index (χ2v) is 28.9. The summed E-state index contributed by atoms with van der Waals surface area (Å²) in [6, 6.07) is 1.85. The van der Waals surface area contributed by atoms with Crippen LogP contribution in [-0.2, 0) is 28.8 Å². The molecular formula is C66H120N12O18. The van der Waals surface area contributed by atoms with Crippen molar-refractivity contribution in [1.29, 1.82) is 0 Å². The summed E-state index contributed by atoms with van der Waals surface area (Å²) in [5.74, 6) is -4.75. The van der Waals surface area contributed by atoms with E-state index >= 15 is 0 Å². The number of unbranched alkanes of at least 4 members (excludes halogenated alkanes) is 4. The minimum absolute atomic E-state index is 0.0111. The standard InChI is InChI=1S/C12H22N2O3.C11H20N2O3.C11H18N2O3.C11H20N2O3.C11H22N2O3.C10H18N2O3/c1-7-10(14(3)12(17)13(7)2)8-5-4-6-9(8)11(15)16;1-6-9(12-11(16)13(6)2)7-4-3-5-8(7)10(14)15;1-6-9(13(2)11(16)12-6)7-4-3-5-8(7)10(14)15;1-8-9(12-11(16)13(8)2)6-4-3-5-7-10(14)15;1-8-9(13(2)11(16)12-8)6-4-3-5-7-10(14)15;1-5-8(12-10(15)11-5)6-3-2-4-7(6)9(13)14/h7-10,12,17H,4-6H2,1-3H3,(H,15,16);6-9,11-12,16H,3-5H2,1-2H3,(H,14,15);6-9H,3-5H2,1-2H3,(H,12,16)(H,14,15);8-9H,3-7H2,1-2H3,(H,12,16)(H,14,15);8-9,11-12,16H,3-7H2,1-2H3,(H,14,15);5-8,10-12,15H,2-4H2,1H3,(H,13,14). The number of aliphatic hydroxyl groups is 4. The predicted molar refractivity (Wildman–Crippen MR) is 355 cm³/mol. The van der Waals surface area contributed by atoms with E-state index in [1.807, 2.05) is 75.5 Å². The monoisotopic (exact) mass is 1370 g/mol. The fraction of sp³-hybridized carbons (Fsp3) is 0.879. The van der Waals surface area contributed by atoms with Crippen molar-refractivity contribution in [3.8, 4) is 0 Å². The van der Waals surface area contributed by atoms with E-state index in [1.54, 1.807) is 23.9 Å². The molecule has 552 valence electrons. The van der Waals surface area contributed by atoms with Gasteiger partial charge in [0.25, 0.3) is 0 Å². The molecule has 0 aromatic rings. The number of carboxylic acid groups (broad SMARTS) is 6. The second kappa shape index (κ2) is 37.9. The molecule has 10 aliphatic rings. The minimum atomic E-state index is -0.734. The molecule has 0 radical (unpaired) electrons. The third-order valence-electron chi connectivity index (χ3n) is 23.0. The Morgan fingerprint density at radius 3 is 1.21 bits per heavy atom. The molecule has 4 saturated carbocycles. The molecule has 30 heteroatoms. The van der Waals surface area contributed by atoms with Crippen LogP contribution in [0, 0.1) is 47.3 Å². The molecule has 10 rings (SSSR count). The van der Waals surface area contributed by atoms with Crippen molar-refractivity contribution in [3.63, 3.8) is 0 Å².